The quantitative estimate of drug-likeness (QED) is 0.606. The van der Waals surface area contributed by atoms with Gasteiger partial charge >= 0.3 is 0 Å². The molecule has 134 valence electrons. The standard InChI is InChI=1S/C19H31N3OS/c1-19(2,24-4)15-21-18(20-3)22-11-10-17(12-22)14-23-13-16-8-6-5-7-9-16/h5-9,17H,10-15H2,1-4H3,(H,20,21). The lowest BCUT2D eigenvalue weighted by Gasteiger charge is -2.27. The largest absolute Gasteiger partial charge is 0.376 e. The molecule has 0 amide bonds. The minimum absolute atomic E-state index is 0.216. The lowest BCUT2D eigenvalue weighted by molar-refractivity contribution is 0.0906. The summed E-state index contributed by atoms with van der Waals surface area (Å²) in [5.41, 5.74) is 1.24. The molecule has 1 unspecified atom stereocenters. The van der Waals surface area contributed by atoms with E-state index in [-0.39, 0.29) is 4.75 Å². The average molecular weight is 350 g/mol. The smallest absolute Gasteiger partial charge is 0.193 e. The van der Waals surface area contributed by atoms with E-state index in [0.29, 0.717) is 12.5 Å². The summed E-state index contributed by atoms with van der Waals surface area (Å²) in [7, 11) is 1.87. The Kier molecular flexibility index (Phi) is 7.43. The van der Waals surface area contributed by atoms with Crippen molar-refractivity contribution < 1.29 is 4.74 Å². The summed E-state index contributed by atoms with van der Waals surface area (Å²) in [6, 6.07) is 10.4. The fraction of sp³-hybridized carbons (Fsp3) is 0.632. The zero-order chi connectivity index (χ0) is 17.4. The first-order chi connectivity index (χ1) is 11.5. The Hall–Kier alpha value is -1.20. The first-order valence-corrected chi connectivity index (χ1v) is 9.89. The molecular formula is C19H31N3OS. The van der Waals surface area contributed by atoms with Gasteiger partial charge in [-0.1, -0.05) is 30.3 Å². The molecule has 0 saturated carbocycles. The van der Waals surface area contributed by atoms with Gasteiger partial charge in [0.1, 0.15) is 0 Å². The maximum absolute atomic E-state index is 5.91. The van der Waals surface area contributed by atoms with Crippen LogP contribution in [0.5, 0.6) is 0 Å². The molecular weight excluding hydrogens is 318 g/mol. The fourth-order valence-corrected chi connectivity index (χ4v) is 2.99. The SMILES string of the molecule is CN=C(NCC(C)(C)SC)N1CCC(COCc2ccccc2)C1. The predicted octanol–water partition coefficient (Wildman–Crippen LogP) is 3.24. The van der Waals surface area contributed by atoms with Crippen molar-refractivity contribution in [2.24, 2.45) is 10.9 Å². The number of guanidine groups is 1. The Morgan fingerprint density at radius 3 is 2.79 bits per heavy atom. The van der Waals surface area contributed by atoms with Gasteiger partial charge in [-0.2, -0.15) is 11.8 Å². The molecule has 1 heterocycles. The highest BCUT2D eigenvalue weighted by molar-refractivity contribution is 7.99. The second kappa shape index (κ2) is 9.33. The van der Waals surface area contributed by atoms with Crippen LogP contribution in [-0.4, -0.2) is 55.2 Å². The highest BCUT2D eigenvalue weighted by Crippen LogP contribution is 2.21. The number of hydrogen-bond donors (Lipinski definition) is 1. The monoisotopic (exact) mass is 349 g/mol. The van der Waals surface area contributed by atoms with Gasteiger partial charge in [0.05, 0.1) is 13.2 Å². The molecule has 1 saturated heterocycles. The number of nitrogens with one attached hydrogen (secondary N) is 1. The molecule has 1 aliphatic rings. The zero-order valence-corrected chi connectivity index (χ0v) is 16.2. The molecule has 1 fully saturated rings. The molecule has 1 N–H and O–H groups in total. The fourth-order valence-electron chi connectivity index (χ4n) is 2.78. The normalized spacial score (nSPS) is 18.9. The number of benzene rings is 1. The molecule has 0 aliphatic carbocycles. The summed E-state index contributed by atoms with van der Waals surface area (Å²) < 4.78 is 6.12. The number of likely N-dealkylation sites (tertiary alicyclic amines) is 1. The van der Waals surface area contributed by atoms with Gasteiger partial charge in [0.15, 0.2) is 5.96 Å². The van der Waals surface area contributed by atoms with E-state index in [4.69, 9.17) is 4.74 Å². The van der Waals surface area contributed by atoms with Crippen molar-refractivity contribution in [3.63, 3.8) is 0 Å². The second-order valence-corrected chi connectivity index (χ2v) is 8.48. The van der Waals surface area contributed by atoms with Crippen LogP contribution in [0.4, 0.5) is 0 Å². The molecule has 24 heavy (non-hydrogen) atoms. The van der Waals surface area contributed by atoms with Gasteiger partial charge in [-0.25, -0.2) is 0 Å². The molecule has 1 aromatic rings. The molecule has 5 heteroatoms. The summed E-state index contributed by atoms with van der Waals surface area (Å²) in [5.74, 6) is 1.60. The molecule has 4 nitrogen and oxygen atoms in total. The molecule has 0 aromatic heterocycles. The van der Waals surface area contributed by atoms with Crippen LogP contribution in [0.2, 0.25) is 0 Å². The number of nitrogens with zero attached hydrogens (tertiary/aromatic N) is 2. The first-order valence-electron chi connectivity index (χ1n) is 8.66. The second-order valence-electron chi connectivity index (χ2n) is 6.97. The molecule has 0 radical (unpaired) electrons. The van der Waals surface area contributed by atoms with Crippen LogP contribution in [-0.2, 0) is 11.3 Å². The lowest BCUT2D eigenvalue weighted by Crippen LogP contribution is -2.45. The van der Waals surface area contributed by atoms with Crippen LogP contribution in [0.15, 0.2) is 35.3 Å². The van der Waals surface area contributed by atoms with Gasteiger partial charge in [-0.05, 0) is 32.1 Å². The highest BCUT2D eigenvalue weighted by atomic mass is 32.2. The third-order valence-electron chi connectivity index (χ3n) is 4.49. The maximum atomic E-state index is 5.91. The van der Waals surface area contributed by atoms with Gasteiger partial charge in [-0.3, -0.25) is 4.99 Å². The van der Waals surface area contributed by atoms with E-state index in [1.54, 1.807) is 0 Å². The van der Waals surface area contributed by atoms with E-state index < -0.39 is 0 Å². The van der Waals surface area contributed by atoms with Crippen LogP contribution in [0, 0.1) is 5.92 Å². The Balaban J connectivity index is 1.73. The van der Waals surface area contributed by atoms with Crippen LogP contribution >= 0.6 is 11.8 Å². The average Bonchev–Trinajstić information content (AvgIpc) is 3.05. The van der Waals surface area contributed by atoms with Gasteiger partial charge in [0, 0.05) is 37.3 Å². The molecule has 0 bridgehead atoms. The van der Waals surface area contributed by atoms with Gasteiger partial charge in [0.2, 0.25) is 0 Å². The van der Waals surface area contributed by atoms with Gasteiger partial charge in [0.25, 0.3) is 0 Å². The van der Waals surface area contributed by atoms with Crippen molar-refractivity contribution in [1.29, 1.82) is 0 Å². The lowest BCUT2D eigenvalue weighted by atomic mass is 10.1. The number of rotatable bonds is 7. The Bertz CT molecular complexity index is 519. The molecule has 1 aliphatic heterocycles. The van der Waals surface area contributed by atoms with E-state index in [0.717, 1.165) is 32.2 Å². The van der Waals surface area contributed by atoms with Crippen LogP contribution < -0.4 is 5.32 Å². The number of thioether (sulfide) groups is 1. The van der Waals surface area contributed by atoms with Crippen molar-refractivity contribution in [3.8, 4) is 0 Å². The Labute approximate surface area is 151 Å². The van der Waals surface area contributed by atoms with Crippen LogP contribution in [0.25, 0.3) is 0 Å². The van der Waals surface area contributed by atoms with Crippen molar-refractivity contribution in [3.05, 3.63) is 35.9 Å². The summed E-state index contributed by atoms with van der Waals surface area (Å²) in [6.45, 7) is 9.02. The van der Waals surface area contributed by atoms with Gasteiger partial charge < -0.3 is 15.0 Å². The summed E-state index contributed by atoms with van der Waals surface area (Å²) in [6.07, 6.45) is 3.32. The van der Waals surface area contributed by atoms with E-state index in [9.17, 15) is 0 Å². The minimum Gasteiger partial charge on any atom is -0.376 e. The summed E-state index contributed by atoms with van der Waals surface area (Å²) >= 11 is 1.88. The topological polar surface area (TPSA) is 36.9 Å². The molecule has 1 atom stereocenters. The van der Waals surface area contributed by atoms with E-state index in [1.165, 1.54) is 12.0 Å². The highest BCUT2D eigenvalue weighted by Gasteiger charge is 2.26. The minimum atomic E-state index is 0.216. The zero-order valence-electron chi connectivity index (χ0n) is 15.4. The van der Waals surface area contributed by atoms with E-state index in [2.05, 4.69) is 59.6 Å². The van der Waals surface area contributed by atoms with Gasteiger partial charge in [-0.15, -0.1) is 0 Å². The van der Waals surface area contributed by atoms with Crippen molar-refractivity contribution in [1.82, 2.24) is 10.2 Å². The van der Waals surface area contributed by atoms with Crippen molar-refractivity contribution >= 4 is 17.7 Å². The number of hydrogen-bond acceptors (Lipinski definition) is 3. The number of ether oxygens (including phenoxy) is 1. The van der Waals surface area contributed by atoms with Crippen LogP contribution in [0.3, 0.4) is 0 Å². The third-order valence-corrected chi connectivity index (χ3v) is 5.74. The molecule has 0 spiro atoms. The summed E-state index contributed by atoms with van der Waals surface area (Å²) in [4.78, 5) is 6.81. The molecule has 1 aromatic carbocycles. The molecule has 2 rings (SSSR count). The maximum Gasteiger partial charge on any atom is 0.193 e. The van der Waals surface area contributed by atoms with Crippen LogP contribution in [0.1, 0.15) is 25.8 Å². The Morgan fingerprint density at radius 1 is 1.38 bits per heavy atom. The third kappa shape index (κ3) is 6.02. The Morgan fingerprint density at radius 2 is 2.12 bits per heavy atom. The van der Waals surface area contributed by atoms with E-state index >= 15 is 0 Å². The van der Waals surface area contributed by atoms with E-state index in [1.807, 2.05) is 24.9 Å². The first kappa shape index (κ1) is 19.1. The number of aliphatic imine (C=N–C) groups is 1. The van der Waals surface area contributed by atoms with Crippen molar-refractivity contribution in [2.75, 3.05) is 39.5 Å². The summed E-state index contributed by atoms with van der Waals surface area (Å²) in [5, 5.41) is 3.52. The predicted molar refractivity (Wildman–Crippen MR) is 105 cm³/mol. The van der Waals surface area contributed by atoms with Crippen molar-refractivity contribution in [2.45, 2.75) is 31.6 Å².